The molecule has 8 nitrogen and oxygen atoms in total. The van der Waals surface area contributed by atoms with Crippen molar-refractivity contribution in [3.8, 4) is 11.5 Å². The Morgan fingerprint density at radius 3 is 2.75 bits per heavy atom. The first-order valence-corrected chi connectivity index (χ1v) is 10.1. The minimum atomic E-state index is 0.403. The Bertz CT molecular complexity index is 890. The summed E-state index contributed by atoms with van der Waals surface area (Å²) in [4.78, 5) is 4.05. The van der Waals surface area contributed by atoms with E-state index < -0.39 is 0 Å². The van der Waals surface area contributed by atoms with E-state index in [1.54, 1.807) is 35.8 Å². The largest absolute Gasteiger partial charge is 0.493 e. The number of nitrogens with zero attached hydrogens (tertiary/aromatic N) is 5. The van der Waals surface area contributed by atoms with Gasteiger partial charge >= 0.3 is 0 Å². The van der Waals surface area contributed by atoms with Crippen molar-refractivity contribution in [2.24, 2.45) is 7.05 Å². The van der Waals surface area contributed by atoms with Crippen LogP contribution >= 0.6 is 23.4 Å². The molecule has 2 heterocycles. The first kappa shape index (κ1) is 20.4. The molecule has 2 aromatic heterocycles. The molecular formula is C18H22ClN6O2S+. The second-order valence-corrected chi connectivity index (χ2v) is 7.43. The van der Waals surface area contributed by atoms with Crippen molar-refractivity contribution in [1.29, 1.82) is 0 Å². The number of hydrogen-bond acceptors (Lipinski definition) is 7. The van der Waals surface area contributed by atoms with Gasteiger partial charge in [0, 0.05) is 24.4 Å². The molecule has 0 bridgehead atoms. The minimum Gasteiger partial charge on any atom is -0.493 e. The zero-order valence-corrected chi connectivity index (χ0v) is 17.3. The molecule has 0 spiro atoms. The first-order chi connectivity index (χ1) is 13.7. The third kappa shape index (κ3) is 5.82. The quantitative estimate of drug-likeness (QED) is 0.302. The zero-order valence-electron chi connectivity index (χ0n) is 15.7. The number of pyridine rings is 1. The molecule has 0 amide bonds. The van der Waals surface area contributed by atoms with Crippen molar-refractivity contribution >= 4 is 23.4 Å². The number of thioether (sulfide) groups is 1. The Morgan fingerprint density at radius 1 is 1.18 bits per heavy atom. The summed E-state index contributed by atoms with van der Waals surface area (Å²) < 4.78 is 13.0. The number of halogens is 1. The van der Waals surface area contributed by atoms with Gasteiger partial charge < -0.3 is 14.8 Å². The van der Waals surface area contributed by atoms with Crippen LogP contribution in [0, 0.1) is 0 Å². The van der Waals surface area contributed by atoms with Gasteiger partial charge in [-0.25, -0.2) is 9.67 Å². The van der Waals surface area contributed by atoms with Crippen molar-refractivity contribution in [1.82, 2.24) is 25.2 Å². The van der Waals surface area contributed by atoms with Crippen LogP contribution in [0.1, 0.15) is 11.1 Å². The lowest BCUT2D eigenvalue weighted by atomic mass is 10.2. The molecule has 0 aliphatic rings. The predicted octanol–water partition coefficient (Wildman–Crippen LogP) is 1.70. The fourth-order valence-corrected chi connectivity index (χ4v) is 3.35. The molecule has 2 N–H and O–H groups in total. The molecule has 3 aromatic rings. The minimum absolute atomic E-state index is 0.403. The maximum atomic E-state index is 5.86. The molecule has 10 heteroatoms. The SMILES string of the molecule is COc1cc(C[NH2+]CCSc2nnnn2C)ccc1OCc1ccc(Cl)nc1. The van der Waals surface area contributed by atoms with Gasteiger partial charge in [-0.1, -0.05) is 29.4 Å². The number of nitrogens with two attached hydrogens (primary N) is 1. The molecule has 28 heavy (non-hydrogen) atoms. The Hall–Kier alpha value is -2.36. The number of tetrazole rings is 1. The molecule has 0 aliphatic heterocycles. The van der Waals surface area contributed by atoms with Crippen molar-refractivity contribution in [2.75, 3.05) is 19.4 Å². The van der Waals surface area contributed by atoms with Crippen molar-refractivity contribution in [3.63, 3.8) is 0 Å². The van der Waals surface area contributed by atoms with E-state index in [-0.39, 0.29) is 0 Å². The molecular weight excluding hydrogens is 400 g/mol. The highest BCUT2D eigenvalue weighted by molar-refractivity contribution is 7.99. The summed E-state index contributed by atoms with van der Waals surface area (Å²) >= 11 is 7.44. The fourth-order valence-electron chi connectivity index (χ4n) is 2.46. The number of ether oxygens (including phenoxy) is 2. The normalized spacial score (nSPS) is 10.8. The number of aromatic nitrogens is 5. The lowest BCUT2D eigenvalue weighted by molar-refractivity contribution is -0.666. The second kappa shape index (κ2) is 10.3. The van der Waals surface area contributed by atoms with Gasteiger partial charge in [-0.15, -0.1) is 5.10 Å². The number of rotatable bonds is 10. The maximum Gasteiger partial charge on any atom is 0.209 e. The van der Waals surface area contributed by atoms with Gasteiger partial charge in [0.05, 0.1) is 19.4 Å². The van der Waals surface area contributed by atoms with Crippen molar-refractivity contribution in [2.45, 2.75) is 18.3 Å². The van der Waals surface area contributed by atoms with Gasteiger partial charge in [0.25, 0.3) is 0 Å². The number of hydrogen-bond donors (Lipinski definition) is 1. The topological polar surface area (TPSA) is 91.6 Å². The van der Waals surface area contributed by atoms with E-state index in [0.29, 0.717) is 23.3 Å². The van der Waals surface area contributed by atoms with Crippen molar-refractivity contribution < 1.29 is 14.8 Å². The van der Waals surface area contributed by atoms with Crippen molar-refractivity contribution in [3.05, 3.63) is 52.8 Å². The molecule has 0 aliphatic carbocycles. The summed E-state index contributed by atoms with van der Waals surface area (Å²) in [5.74, 6) is 2.35. The van der Waals surface area contributed by atoms with Gasteiger partial charge in [0.1, 0.15) is 18.3 Å². The van der Waals surface area contributed by atoms with Crippen LogP contribution in [0.3, 0.4) is 0 Å². The Kier molecular flexibility index (Phi) is 7.46. The highest BCUT2D eigenvalue weighted by Gasteiger charge is 2.08. The van der Waals surface area contributed by atoms with E-state index in [1.165, 1.54) is 5.56 Å². The van der Waals surface area contributed by atoms with Crippen LogP contribution in [-0.4, -0.2) is 44.6 Å². The molecule has 1 aromatic carbocycles. The highest BCUT2D eigenvalue weighted by atomic mass is 35.5. The first-order valence-electron chi connectivity index (χ1n) is 8.72. The zero-order chi connectivity index (χ0) is 19.8. The third-order valence-corrected chi connectivity index (χ3v) is 5.19. The molecule has 3 rings (SSSR count). The van der Waals surface area contributed by atoms with Crippen LogP contribution in [0.5, 0.6) is 11.5 Å². The van der Waals surface area contributed by atoms with Crippen LogP contribution < -0.4 is 14.8 Å². The fraction of sp³-hybridized carbons (Fsp3) is 0.333. The third-order valence-electron chi connectivity index (χ3n) is 3.93. The maximum absolute atomic E-state index is 5.86. The molecule has 148 valence electrons. The predicted molar refractivity (Wildman–Crippen MR) is 107 cm³/mol. The molecule has 0 saturated carbocycles. The van der Waals surface area contributed by atoms with E-state index in [4.69, 9.17) is 21.1 Å². The Balaban J connectivity index is 1.46. The van der Waals surface area contributed by atoms with E-state index in [0.717, 1.165) is 29.6 Å². The van der Waals surface area contributed by atoms with Gasteiger partial charge in [-0.2, -0.15) is 0 Å². The lowest BCUT2D eigenvalue weighted by Gasteiger charge is -2.12. The molecule has 0 saturated heterocycles. The molecule has 0 radical (unpaired) electrons. The standard InChI is InChI=1S/C18H21ClN6O2S/c1-25-18(22-23-24-25)28-8-7-20-10-13-3-5-15(16(9-13)26-2)27-12-14-4-6-17(19)21-11-14/h3-6,9,11,20H,7-8,10,12H2,1-2H3/p+1. The summed E-state index contributed by atoms with van der Waals surface area (Å²) in [6.45, 7) is 2.22. The average Bonchev–Trinajstić information content (AvgIpc) is 3.12. The Labute approximate surface area is 172 Å². The average molecular weight is 422 g/mol. The van der Waals surface area contributed by atoms with Gasteiger partial charge in [-0.05, 0) is 34.7 Å². The molecule has 0 unspecified atom stereocenters. The van der Waals surface area contributed by atoms with E-state index in [2.05, 4.69) is 25.8 Å². The van der Waals surface area contributed by atoms with Crippen LogP contribution in [0.2, 0.25) is 5.15 Å². The monoisotopic (exact) mass is 421 g/mol. The number of quaternary nitrogens is 1. The van der Waals surface area contributed by atoms with Gasteiger partial charge in [0.15, 0.2) is 11.5 Å². The smallest absolute Gasteiger partial charge is 0.209 e. The molecule has 0 atom stereocenters. The van der Waals surface area contributed by atoms with Gasteiger partial charge in [0.2, 0.25) is 5.16 Å². The van der Waals surface area contributed by atoms with Crippen LogP contribution in [0.4, 0.5) is 0 Å². The summed E-state index contributed by atoms with van der Waals surface area (Å²) in [6, 6.07) is 9.63. The summed E-state index contributed by atoms with van der Waals surface area (Å²) in [5.41, 5.74) is 2.11. The number of aryl methyl sites for hydroxylation is 1. The molecule has 0 fully saturated rings. The summed E-state index contributed by atoms with van der Waals surface area (Å²) in [5, 5.41) is 14.9. The summed E-state index contributed by atoms with van der Waals surface area (Å²) in [7, 11) is 3.48. The van der Waals surface area contributed by atoms with Gasteiger partial charge in [-0.3, -0.25) is 0 Å². The number of methoxy groups -OCH3 is 1. The van der Waals surface area contributed by atoms with E-state index in [1.807, 2.05) is 31.3 Å². The van der Waals surface area contributed by atoms with Crippen LogP contribution in [0.15, 0.2) is 41.7 Å². The second-order valence-electron chi connectivity index (χ2n) is 5.98. The summed E-state index contributed by atoms with van der Waals surface area (Å²) in [6.07, 6.45) is 1.70. The van der Waals surface area contributed by atoms with E-state index >= 15 is 0 Å². The van der Waals surface area contributed by atoms with Crippen LogP contribution in [-0.2, 0) is 20.2 Å². The highest BCUT2D eigenvalue weighted by Crippen LogP contribution is 2.28. The van der Waals surface area contributed by atoms with E-state index in [9.17, 15) is 0 Å². The lowest BCUT2D eigenvalue weighted by Crippen LogP contribution is -2.83. The van der Waals surface area contributed by atoms with Crippen LogP contribution in [0.25, 0.3) is 0 Å². The Morgan fingerprint density at radius 2 is 2.04 bits per heavy atom. The number of benzene rings is 1.